The van der Waals surface area contributed by atoms with Crippen molar-refractivity contribution >= 4 is 23.7 Å². The van der Waals surface area contributed by atoms with E-state index in [0.29, 0.717) is 10.7 Å². The van der Waals surface area contributed by atoms with Crippen molar-refractivity contribution in [3.05, 3.63) is 29.0 Å². The number of nitrogens with one attached hydrogen (secondary N) is 1. The molecule has 2 N–H and O–H groups in total. The van der Waals surface area contributed by atoms with Crippen LogP contribution in [0.4, 0.5) is 4.79 Å². The highest BCUT2D eigenvalue weighted by Crippen LogP contribution is 2.10. The molecule has 0 spiro atoms. The minimum atomic E-state index is -1.15. The third-order valence-corrected chi connectivity index (χ3v) is 2.44. The Morgan fingerprint density at radius 2 is 2.10 bits per heavy atom. The summed E-state index contributed by atoms with van der Waals surface area (Å²) in [5.74, 6) is -1.15. The Balaban J connectivity index is 2.68. The second-order valence-corrected chi connectivity index (χ2v) is 5.62. The average Bonchev–Trinajstić information content (AvgIpc) is 2.28. The second-order valence-electron chi connectivity index (χ2n) is 5.23. The molecular formula is C13H17ClN2O4. The molecule has 0 radical (unpaired) electrons. The van der Waals surface area contributed by atoms with Crippen LogP contribution in [0.5, 0.6) is 0 Å². The van der Waals surface area contributed by atoms with Crippen molar-refractivity contribution in [3.8, 4) is 0 Å². The van der Waals surface area contributed by atoms with Gasteiger partial charge in [0, 0.05) is 12.6 Å². The van der Waals surface area contributed by atoms with Crippen LogP contribution >= 0.6 is 11.6 Å². The number of aromatic nitrogens is 1. The maximum atomic E-state index is 11.6. The molecule has 0 aliphatic heterocycles. The number of aliphatic carboxylic acids is 1. The maximum absolute atomic E-state index is 11.6. The molecule has 0 aromatic carbocycles. The van der Waals surface area contributed by atoms with Crippen LogP contribution in [0.2, 0.25) is 5.15 Å². The fourth-order valence-electron chi connectivity index (χ4n) is 1.41. The summed E-state index contributed by atoms with van der Waals surface area (Å²) in [5, 5.41) is 11.8. The van der Waals surface area contributed by atoms with Crippen molar-refractivity contribution < 1.29 is 19.4 Å². The van der Waals surface area contributed by atoms with Gasteiger partial charge in [0.15, 0.2) is 0 Å². The highest BCUT2D eigenvalue weighted by atomic mass is 35.5. The molecular weight excluding hydrogens is 284 g/mol. The molecule has 1 atom stereocenters. The van der Waals surface area contributed by atoms with E-state index < -0.39 is 23.7 Å². The first kappa shape index (κ1) is 16.2. The molecule has 0 bridgehead atoms. The number of rotatable bonds is 4. The van der Waals surface area contributed by atoms with E-state index in [1.807, 2.05) is 0 Å². The molecule has 0 saturated carbocycles. The predicted molar refractivity (Wildman–Crippen MR) is 73.7 cm³/mol. The average molecular weight is 301 g/mol. The first-order chi connectivity index (χ1) is 9.17. The van der Waals surface area contributed by atoms with E-state index >= 15 is 0 Å². The number of ether oxygens (including phenoxy) is 1. The Morgan fingerprint density at radius 3 is 2.55 bits per heavy atom. The Bertz CT molecular complexity index is 482. The zero-order valence-electron chi connectivity index (χ0n) is 11.5. The smallest absolute Gasteiger partial charge is 0.408 e. The first-order valence-electron chi connectivity index (χ1n) is 6.00. The number of hydrogen-bond donors (Lipinski definition) is 2. The van der Waals surface area contributed by atoms with E-state index in [1.165, 1.54) is 6.20 Å². The van der Waals surface area contributed by atoms with Gasteiger partial charge in [-0.05, 0) is 32.4 Å². The minimum Gasteiger partial charge on any atom is -0.480 e. The third-order valence-electron chi connectivity index (χ3n) is 2.22. The van der Waals surface area contributed by atoms with Gasteiger partial charge < -0.3 is 15.2 Å². The lowest BCUT2D eigenvalue weighted by Crippen LogP contribution is -2.44. The molecule has 1 unspecified atom stereocenters. The van der Waals surface area contributed by atoms with Gasteiger partial charge in [0.1, 0.15) is 16.8 Å². The molecule has 1 heterocycles. The lowest BCUT2D eigenvalue weighted by atomic mass is 10.1. The van der Waals surface area contributed by atoms with E-state index in [0.717, 1.165) is 0 Å². The molecule has 0 aliphatic rings. The number of halogens is 1. The van der Waals surface area contributed by atoms with Gasteiger partial charge in [-0.2, -0.15) is 0 Å². The van der Waals surface area contributed by atoms with Gasteiger partial charge in [-0.25, -0.2) is 14.6 Å². The van der Waals surface area contributed by atoms with Gasteiger partial charge in [0.2, 0.25) is 0 Å². The number of carboxylic acid groups (broad SMARTS) is 1. The number of nitrogens with zero attached hydrogens (tertiary/aromatic N) is 1. The van der Waals surface area contributed by atoms with Gasteiger partial charge in [-0.3, -0.25) is 0 Å². The number of carboxylic acids is 1. The summed E-state index contributed by atoms with van der Waals surface area (Å²) in [7, 11) is 0. The summed E-state index contributed by atoms with van der Waals surface area (Å²) in [5.41, 5.74) is -0.0348. The lowest BCUT2D eigenvalue weighted by Gasteiger charge is -2.22. The molecule has 6 nitrogen and oxygen atoms in total. The fraction of sp³-hybridized carbons (Fsp3) is 0.462. The number of carbonyl (C=O) groups is 2. The minimum absolute atomic E-state index is 0.0960. The maximum Gasteiger partial charge on any atom is 0.408 e. The molecule has 1 aromatic rings. The van der Waals surface area contributed by atoms with Crippen molar-refractivity contribution in [3.63, 3.8) is 0 Å². The monoisotopic (exact) mass is 300 g/mol. The Morgan fingerprint density at radius 1 is 1.45 bits per heavy atom. The largest absolute Gasteiger partial charge is 0.480 e. The normalized spacial score (nSPS) is 12.6. The molecule has 0 fully saturated rings. The summed E-state index contributed by atoms with van der Waals surface area (Å²) in [6.45, 7) is 5.10. The highest BCUT2D eigenvalue weighted by Gasteiger charge is 2.24. The van der Waals surface area contributed by atoms with Crippen LogP contribution in [0.1, 0.15) is 26.3 Å². The Labute approximate surface area is 122 Å². The van der Waals surface area contributed by atoms with E-state index in [4.69, 9.17) is 21.4 Å². The van der Waals surface area contributed by atoms with Crippen molar-refractivity contribution in [2.24, 2.45) is 0 Å². The van der Waals surface area contributed by atoms with Crippen LogP contribution in [0.25, 0.3) is 0 Å². The fourth-order valence-corrected chi connectivity index (χ4v) is 1.52. The van der Waals surface area contributed by atoms with Gasteiger partial charge in [0.05, 0.1) is 0 Å². The van der Waals surface area contributed by atoms with E-state index in [-0.39, 0.29) is 6.42 Å². The highest BCUT2D eigenvalue weighted by molar-refractivity contribution is 6.29. The first-order valence-corrected chi connectivity index (χ1v) is 6.38. The number of amides is 1. The molecule has 20 heavy (non-hydrogen) atoms. The van der Waals surface area contributed by atoms with Gasteiger partial charge in [0.25, 0.3) is 0 Å². The molecule has 110 valence electrons. The summed E-state index contributed by atoms with van der Waals surface area (Å²) < 4.78 is 5.03. The van der Waals surface area contributed by atoms with Crippen LogP contribution in [0, 0.1) is 0 Å². The summed E-state index contributed by atoms with van der Waals surface area (Å²) in [4.78, 5) is 26.6. The van der Waals surface area contributed by atoms with Crippen molar-refractivity contribution in [1.82, 2.24) is 10.3 Å². The zero-order chi connectivity index (χ0) is 15.3. The zero-order valence-corrected chi connectivity index (χ0v) is 12.3. The lowest BCUT2D eigenvalue weighted by molar-refractivity contribution is -0.139. The SMILES string of the molecule is CC(C)(C)OC(=O)NC(Cc1ccc(Cl)nc1)C(=O)O. The van der Waals surface area contributed by atoms with E-state index in [9.17, 15) is 9.59 Å². The molecule has 0 aliphatic carbocycles. The quantitative estimate of drug-likeness (QED) is 0.833. The van der Waals surface area contributed by atoms with Crippen LogP contribution in [-0.2, 0) is 16.0 Å². The Hall–Kier alpha value is -1.82. The van der Waals surface area contributed by atoms with Crippen molar-refractivity contribution in [2.75, 3.05) is 0 Å². The predicted octanol–water partition coefficient (Wildman–Crippen LogP) is 2.26. The third kappa shape index (κ3) is 5.88. The van der Waals surface area contributed by atoms with Crippen molar-refractivity contribution in [1.29, 1.82) is 0 Å². The standard InChI is InChI=1S/C13H17ClN2O4/c1-13(2,3)20-12(19)16-9(11(17)18)6-8-4-5-10(14)15-7-8/h4-5,7,9H,6H2,1-3H3,(H,16,19)(H,17,18). The summed E-state index contributed by atoms with van der Waals surface area (Å²) >= 11 is 5.65. The van der Waals surface area contributed by atoms with Crippen molar-refractivity contribution in [2.45, 2.75) is 38.8 Å². The topological polar surface area (TPSA) is 88.5 Å². The molecule has 1 amide bonds. The number of carbonyl (C=O) groups excluding carboxylic acids is 1. The molecule has 1 aromatic heterocycles. The molecule has 7 heteroatoms. The van der Waals surface area contributed by atoms with Crippen LogP contribution in [0.15, 0.2) is 18.3 Å². The number of alkyl carbamates (subject to hydrolysis) is 1. The summed E-state index contributed by atoms with van der Waals surface area (Å²) in [6, 6.07) is 2.12. The number of pyridine rings is 1. The van der Waals surface area contributed by atoms with Crippen LogP contribution < -0.4 is 5.32 Å². The van der Waals surface area contributed by atoms with Gasteiger partial charge in [-0.1, -0.05) is 17.7 Å². The summed E-state index contributed by atoms with van der Waals surface area (Å²) in [6.07, 6.45) is 0.792. The Kier molecular flexibility index (Phi) is 5.33. The van der Waals surface area contributed by atoms with E-state index in [1.54, 1.807) is 32.9 Å². The number of hydrogen-bond acceptors (Lipinski definition) is 4. The van der Waals surface area contributed by atoms with Gasteiger partial charge >= 0.3 is 12.1 Å². The van der Waals surface area contributed by atoms with E-state index in [2.05, 4.69) is 10.3 Å². The molecule has 0 saturated heterocycles. The second kappa shape index (κ2) is 6.56. The van der Waals surface area contributed by atoms with Crippen LogP contribution in [-0.4, -0.2) is 33.8 Å². The van der Waals surface area contributed by atoms with Crippen LogP contribution in [0.3, 0.4) is 0 Å². The molecule has 1 rings (SSSR count). The van der Waals surface area contributed by atoms with Gasteiger partial charge in [-0.15, -0.1) is 0 Å².